The molecule has 0 bridgehead atoms. The first-order valence-electron chi connectivity index (χ1n) is 6.53. The Labute approximate surface area is 119 Å². The first-order valence-corrected chi connectivity index (χ1v) is 6.90. The highest BCUT2D eigenvalue weighted by Crippen LogP contribution is 2.12. The number of nitrogens with one attached hydrogen (secondary N) is 1. The van der Waals surface area contributed by atoms with Crippen molar-refractivity contribution in [2.75, 3.05) is 0 Å². The van der Waals surface area contributed by atoms with E-state index in [0.29, 0.717) is 6.04 Å². The van der Waals surface area contributed by atoms with Crippen LogP contribution in [0.25, 0.3) is 0 Å². The van der Waals surface area contributed by atoms with E-state index in [-0.39, 0.29) is 0 Å². The second kappa shape index (κ2) is 6.69. The Kier molecular flexibility index (Phi) is 4.94. The van der Waals surface area contributed by atoms with Crippen LogP contribution in [0, 0.1) is 6.92 Å². The minimum absolute atomic E-state index is 0.390. The first-order chi connectivity index (χ1) is 9.13. The Morgan fingerprint density at radius 2 is 2.11 bits per heavy atom. The Bertz CT molecular complexity index is 523. The van der Waals surface area contributed by atoms with Crippen LogP contribution in [0.4, 0.5) is 0 Å². The largest absolute Gasteiger partial charge is 0.308 e. The van der Waals surface area contributed by atoms with Crippen molar-refractivity contribution in [3.63, 3.8) is 0 Å². The molecule has 100 valence electrons. The molecule has 1 aromatic heterocycles. The third kappa shape index (κ3) is 4.66. The molecule has 1 heterocycles. The summed E-state index contributed by atoms with van der Waals surface area (Å²) in [7, 11) is 0. The van der Waals surface area contributed by atoms with E-state index in [2.05, 4.69) is 35.4 Å². The summed E-state index contributed by atoms with van der Waals surface area (Å²) in [5, 5.41) is 4.28. The molecule has 2 rings (SSSR count). The fraction of sp³-hybridized carbons (Fsp3) is 0.312. The molecule has 0 saturated heterocycles. The van der Waals surface area contributed by atoms with Gasteiger partial charge in [-0.2, -0.15) is 0 Å². The molecule has 0 fully saturated rings. The number of nitrogens with zero attached hydrogens (tertiary/aromatic N) is 1. The molecule has 0 aliphatic heterocycles. The topological polar surface area (TPSA) is 24.9 Å². The summed E-state index contributed by atoms with van der Waals surface area (Å²) < 4.78 is 0. The van der Waals surface area contributed by atoms with Gasteiger partial charge in [0.25, 0.3) is 0 Å². The van der Waals surface area contributed by atoms with E-state index >= 15 is 0 Å². The lowest BCUT2D eigenvalue weighted by Gasteiger charge is -2.13. The van der Waals surface area contributed by atoms with Gasteiger partial charge in [0.05, 0.1) is 5.69 Å². The number of rotatable bonds is 5. The fourth-order valence-corrected chi connectivity index (χ4v) is 2.18. The minimum atomic E-state index is 0.390. The minimum Gasteiger partial charge on any atom is -0.308 e. The zero-order valence-electron chi connectivity index (χ0n) is 11.4. The third-order valence-electron chi connectivity index (χ3n) is 3.04. The first kappa shape index (κ1) is 14.0. The summed E-state index contributed by atoms with van der Waals surface area (Å²) in [5.74, 6) is 0. The summed E-state index contributed by atoms with van der Waals surface area (Å²) >= 11 is 5.99. The van der Waals surface area contributed by atoms with Gasteiger partial charge in [-0.15, -0.1) is 0 Å². The van der Waals surface area contributed by atoms with Crippen LogP contribution in [0.2, 0.25) is 5.02 Å². The van der Waals surface area contributed by atoms with Crippen molar-refractivity contribution in [2.24, 2.45) is 0 Å². The van der Waals surface area contributed by atoms with Gasteiger partial charge < -0.3 is 5.32 Å². The van der Waals surface area contributed by atoms with E-state index in [4.69, 9.17) is 11.6 Å². The highest BCUT2D eigenvalue weighted by atomic mass is 35.5. The summed E-state index contributed by atoms with van der Waals surface area (Å²) in [5.41, 5.74) is 3.52. The molecule has 1 atom stereocenters. The van der Waals surface area contributed by atoms with E-state index in [0.717, 1.165) is 23.7 Å². The van der Waals surface area contributed by atoms with Gasteiger partial charge in [0.1, 0.15) is 0 Å². The number of halogens is 1. The lowest BCUT2D eigenvalue weighted by atomic mass is 10.1. The van der Waals surface area contributed by atoms with Crippen LogP contribution in [0.3, 0.4) is 0 Å². The normalized spacial score (nSPS) is 12.4. The molecule has 1 aromatic carbocycles. The van der Waals surface area contributed by atoms with Gasteiger partial charge >= 0.3 is 0 Å². The van der Waals surface area contributed by atoms with Crippen LogP contribution in [0.5, 0.6) is 0 Å². The molecule has 0 saturated carbocycles. The van der Waals surface area contributed by atoms with E-state index in [1.807, 2.05) is 31.3 Å². The van der Waals surface area contributed by atoms with E-state index in [1.165, 1.54) is 11.1 Å². The Hall–Kier alpha value is -1.38. The summed E-state index contributed by atoms with van der Waals surface area (Å²) in [6, 6.07) is 12.6. The quantitative estimate of drug-likeness (QED) is 0.898. The second-order valence-electron chi connectivity index (χ2n) is 4.94. The van der Waals surface area contributed by atoms with E-state index in [1.54, 1.807) is 0 Å². The maximum atomic E-state index is 5.99. The number of aromatic nitrogens is 1. The number of pyridine rings is 1. The van der Waals surface area contributed by atoms with Crippen molar-refractivity contribution in [2.45, 2.75) is 32.9 Å². The standard InChI is InChI=1S/C16H19ClN2/c1-12-6-7-16(19-10-12)11-18-13(2)8-14-4-3-5-15(17)9-14/h3-7,9-10,13,18H,8,11H2,1-2H3. The van der Waals surface area contributed by atoms with E-state index < -0.39 is 0 Å². The molecule has 0 aliphatic carbocycles. The predicted molar refractivity (Wildman–Crippen MR) is 80.4 cm³/mol. The zero-order chi connectivity index (χ0) is 13.7. The van der Waals surface area contributed by atoms with Gasteiger partial charge in [0.2, 0.25) is 0 Å². The van der Waals surface area contributed by atoms with E-state index in [9.17, 15) is 0 Å². The molecular formula is C16H19ClN2. The lowest BCUT2D eigenvalue weighted by Crippen LogP contribution is -2.27. The van der Waals surface area contributed by atoms with Gasteiger partial charge in [0.15, 0.2) is 0 Å². The van der Waals surface area contributed by atoms with Crippen molar-refractivity contribution in [1.82, 2.24) is 10.3 Å². The van der Waals surface area contributed by atoms with Crippen LogP contribution < -0.4 is 5.32 Å². The summed E-state index contributed by atoms with van der Waals surface area (Å²) in [6.45, 7) is 5.02. The van der Waals surface area contributed by atoms with Gasteiger partial charge in [-0.25, -0.2) is 0 Å². The van der Waals surface area contributed by atoms with Crippen molar-refractivity contribution < 1.29 is 0 Å². The van der Waals surface area contributed by atoms with Crippen molar-refractivity contribution in [1.29, 1.82) is 0 Å². The maximum Gasteiger partial charge on any atom is 0.0541 e. The zero-order valence-corrected chi connectivity index (χ0v) is 12.1. The van der Waals surface area contributed by atoms with Crippen LogP contribution in [-0.2, 0) is 13.0 Å². The SMILES string of the molecule is Cc1ccc(CNC(C)Cc2cccc(Cl)c2)nc1. The third-order valence-corrected chi connectivity index (χ3v) is 3.27. The van der Waals surface area contributed by atoms with Crippen LogP contribution in [0.1, 0.15) is 23.7 Å². The van der Waals surface area contributed by atoms with Gasteiger partial charge in [-0.3, -0.25) is 4.98 Å². The number of aryl methyl sites for hydroxylation is 1. The van der Waals surface area contributed by atoms with Crippen LogP contribution in [0.15, 0.2) is 42.6 Å². The van der Waals surface area contributed by atoms with Gasteiger partial charge in [0, 0.05) is 23.8 Å². The van der Waals surface area contributed by atoms with Crippen LogP contribution >= 0.6 is 11.6 Å². The van der Waals surface area contributed by atoms with Gasteiger partial charge in [-0.1, -0.05) is 29.8 Å². The molecule has 0 spiro atoms. The highest BCUT2D eigenvalue weighted by Gasteiger charge is 2.04. The maximum absolute atomic E-state index is 5.99. The molecule has 0 radical (unpaired) electrons. The van der Waals surface area contributed by atoms with Crippen molar-refractivity contribution in [3.05, 3.63) is 64.4 Å². The molecule has 2 nitrogen and oxygen atoms in total. The Morgan fingerprint density at radius 1 is 1.26 bits per heavy atom. The molecule has 0 aliphatic rings. The Morgan fingerprint density at radius 3 is 2.79 bits per heavy atom. The van der Waals surface area contributed by atoms with Gasteiger partial charge in [-0.05, 0) is 49.6 Å². The number of hydrogen-bond acceptors (Lipinski definition) is 2. The smallest absolute Gasteiger partial charge is 0.0541 e. The highest BCUT2D eigenvalue weighted by molar-refractivity contribution is 6.30. The van der Waals surface area contributed by atoms with Crippen molar-refractivity contribution in [3.8, 4) is 0 Å². The number of benzene rings is 1. The predicted octanol–water partition coefficient (Wildman–Crippen LogP) is 3.76. The Balaban J connectivity index is 1.84. The summed E-state index contributed by atoms with van der Waals surface area (Å²) in [4.78, 5) is 4.39. The average Bonchev–Trinajstić information content (AvgIpc) is 2.38. The van der Waals surface area contributed by atoms with Crippen molar-refractivity contribution >= 4 is 11.6 Å². The number of hydrogen-bond donors (Lipinski definition) is 1. The monoisotopic (exact) mass is 274 g/mol. The molecule has 19 heavy (non-hydrogen) atoms. The average molecular weight is 275 g/mol. The molecule has 0 amide bonds. The second-order valence-corrected chi connectivity index (χ2v) is 5.38. The molecule has 2 aromatic rings. The molecule has 3 heteroatoms. The fourth-order valence-electron chi connectivity index (χ4n) is 1.97. The lowest BCUT2D eigenvalue weighted by molar-refractivity contribution is 0.540. The summed E-state index contributed by atoms with van der Waals surface area (Å²) in [6.07, 6.45) is 2.87. The molecular weight excluding hydrogens is 256 g/mol. The molecule has 1 N–H and O–H groups in total. The van der Waals surface area contributed by atoms with Crippen LogP contribution in [-0.4, -0.2) is 11.0 Å². The molecule has 1 unspecified atom stereocenters.